The van der Waals surface area contributed by atoms with Crippen LogP contribution in [0.5, 0.6) is 0 Å². The van der Waals surface area contributed by atoms with Crippen LogP contribution in [0.1, 0.15) is 18.9 Å². The summed E-state index contributed by atoms with van der Waals surface area (Å²) in [4.78, 5) is 4.31. The molecule has 3 heteroatoms. The van der Waals surface area contributed by atoms with Crippen molar-refractivity contribution in [1.29, 1.82) is 0 Å². The third-order valence-corrected chi connectivity index (χ3v) is 2.88. The van der Waals surface area contributed by atoms with Crippen LogP contribution in [0.4, 0.5) is 10.1 Å². The van der Waals surface area contributed by atoms with E-state index in [1.54, 1.807) is 19.2 Å². The summed E-state index contributed by atoms with van der Waals surface area (Å²) in [6, 6.07) is 8.96. The molecular weight excluding hydrogens is 227 g/mol. The maximum absolute atomic E-state index is 13.5. The summed E-state index contributed by atoms with van der Waals surface area (Å²) in [5.74, 6) is -0.193. The van der Waals surface area contributed by atoms with Crippen LogP contribution >= 0.6 is 0 Å². The summed E-state index contributed by atoms with van der Waals surface area (Å²) in [5, 5.41) is 3.30. The maximum Gasteiger partial charge on any atom is 0.126 e. The second kappa shape index (κ2) is 5.63. The highest BCUT2D eigenvalue weighted by molar-refractivity contribution is 5.67. The Morgan fingerprint density at radius 3 is 2.89 bits per heavy atom. The number of rotatable bonds is 4. The molecule has 2 nitrogen and oxygen atoms in total. The number of hydrogen-bond donors (Lipinski definition) is 1. The van der Waals surface area contributed by atoms with E-state index in [4.69, 9.17) is 0 Å². The van der Waals surface area contributed by atoms with Gasteiger partial charge in [0, 0.05) is 24.0 Å². The lowest BCUT2D eigenvalue weighted by Crippen LogP contribution is -2.00. The standard InChI is InChI=1S/C15H17FN2/c1-3-8-17-12-7-9-18-15(10-12)13-5-4-6-14(16)11(13)2/h4-7,9-10H,3,8H2,1-2H3,(H,17,18). The second-order valence-electron chi connectivity index (χ2n) is 4.27. The van der Waals surface area contributed by atoms with E-state index in [2.05, 4.69) is 17.2 Å². The van der Waals surface area contributed by atoms with Gasteiger partial charge in [-0.3, -0.25) is 4.98 Å². The molecule has 0 bridgehead atoms. The normalized spacial score (nSPS) is 10.4. The Hall–Kier alpha value is -1.90. The largest absolute Gasteiger partial charge is 0.385 e. The lowest BCUT2D eigenvalue weighted by Gasteiger charge is -2.09. The van der Waals surface area contributed by atoms with Gasteiger partial charge in [-0.15, -0.1) is 0 Å². The zero-order valence-electron chi connectivity index (χ0n) is 10.7. The first-order valence-corrected chi connectivity index (χ1v) is 6.17. The summed E-state index contributed by atoms with van der Waals surface area (Å²) >= 11 is 0. The van der Waals surface area contributed by atoms with Crippen LogP contribution in [-0.4, -0.2) is 11.5 Å². The highest BCUT2D eigenvalue weighted by Crippen LogP contribution is 2.25. The van der Waals surface area contributed by atoms with Crippen molar-refractivity contribution in [2.75, 3.05) is 11.9 Å². The zero-order valence-corrected chi connectivity index (χ0v) is 10.7. The van der Waals surface area contributed by atoms with Crippen LogP contribution in [0.2, 0.25) is 0 Å². The number of pyridine rings is 1. The highest BCUT2D eigenvalue weighted by atomic mass is 19.1. The molecule has 18 heavy (non-hydrogen) atoms. The van der Waals surface area contributed by atoms with Gasteiger partial charge >= 0.3 is 0 Å². The van der Waals surface area contributed by atoms with Gasteiger partial charge in [-0.25, -0.2) is 4.39 Å². The molecule has 0 aliphatic heterocycles. The van der Waals surface area contributed by atoms with Crippen LogP contribution < -0.4 is 5.32 Å². The molecule has 0 atom stereocenters. The van der Waals surface area contributed by atoms with Gasteiger partial charge in [-0.2, -0.15) is 0 Å². The first kappa shape index (κ1) is 12.6. The fraction of sp³-hybridized carbons (Fsp3) is 0.267. The molecule has 0 spiro atoms. The van der Waals surface area contributed by atoms with Crippen molar-refractivity contribution in [3.8, 4) is 11.3 Å². The van der Waals surface area contributed by atoms with Crippen LogP contribution in [0.25, 0.3) is 11.3 Å². The van der Waals surface area contributed by atoms with Gasteiger partial charge in [0.1, 0.15) is 5.82 Å². The van der Waals surface area contributed by atoms with Gasteiger partial charge in [-0.05, 0) is 37.1 Å². The molecule has 1 aromatic carbocycles. The molecule has 0 saturated heterocycles. The van der Waals surface area contributed by atoms with Crippen LogP contribution in [0.3, 0.4) is 0 Å². The smallest absolute Gasteiger partial charge is 0.126 e. The fourth-order valence-electron chi connectivity index (χ4n) is 1.84. The molecule has 2 aromatic rings. The summed E-state index contributed by atoms with van der Waals surface area (Å²) < 4.78 is 13.5. The Morgan fingerprint density at radius 2 is 2.11 bits per heavy atom. The van der Waals surface area contributed by atoms with Gasteiger partial charge in [-0.1, -0.05) is 19.1 Å². The third kappa shape index (κ3) is 2.67. The topological polar surface area (TPSA) is 24.9 Å². The van der Waals surface area contributed by atoms with E-state index >= 15 is 0 Å². The molecule has 0 radical (unpaired) electrons. The molecular formula is C15H17FN2. The van der Waals surface area contributed by atoms with Crippen LogP contribution in [-0.2, 0) is 0 Å². The monoisotopic (exact) mass is 244 g/mol. The predicted molar refractivity (Wildman–Crippen MR) is 73.1 cm³/mol. The maximum atomic E-state index is 13.5. The van der Waals surface area contributed by atoms with Gasteiger partial charge in [0.25, 0.3) is 0 Å². The second-order valence-corrected chi connectivity index (χ2v) is 4.27. The Kier molecular flexibility index (Phi) is 3.92. The SMILES string of the molecule is CCCNc1ccnc(-c2cccc(F)c2C)c1. The number of aromatic nitrogens is 1. The Bertz CT molecular complexity index is 538. The Labute approximate surface area is 107 Å². The molecule has 0 unspecified atom stereocenters. The molecule has 94 valence electrons. The predicted octanol–water partition coefficient (Wildman–Crippen LogP) is 4.02. The fourth-order valence-corrected chi connectivity index (χ4v) is 1.84. The van der Waals surface area contributed by atoms with Crippen molar-refractivity contribution >= 4 is 5.69 Å². The van der Waals surface area contributed by atoms with E-state index in [0.717, 1.165) is 29.9 Å². The van der Waals surface area contributed by atoms with E-state index in [0.29, 0.717) is 5.56 Å². The Balaban J connectivity index is 2.35. The molecule has 1 aromatic heterocycles. The van der Waals surface area contributed by atoms with Crippen molar-refractivity contribution in [3.63, 3.8) is 0 Å². The molecule has 2 rings (SSSR count). The van der Waals surface area contributed by atoms with E-state index in [9.17, 15) is 4.39 Å². The number of nitrogens with zero attached hydrogens (tertiary/aromatic N) is 1. The number of halogens is 1. The summed E-state index contributed by atoms with van der Waals surface area (Å²) in [6.07, 6.45) is 2.81. The molecule has 1 heterocycles. The molecule has 1 N–H and O–H groups in total. The van der Waals surface area contributed by atoms with Crippen molar-refractivity contribution in [2.24, 2.45) is 0 Å². The van der Waals surface area contributed by atoms with E-state index in [1.165, 1.54) is 6.07 Å². The average Bonchev–Trinajstić information content (AvgIpc) is 2.40. The van der Waals surface area contributed by atoms with Crippen LogP contribution in [0, 0.1) is 12.7 Å². The number of anilines is 1. The van der Waals surface area contributed by atoms with Crippen LogP contribution in [0.15, 0.2) is 36.5 Å². The minimum Gasteiger partial charge on any atom is -0.385 e. The minimum atomic E-state index is -0.193. The van der Waals surface area contributed by atoms with E-state index in [1.807, 2.05) is 18.2 Å². The molecule has 0 fully saturated rings. The molecule has 0 saturated carbocycles. The average molecular weight is 244 g/mol. The van der Waals surface area contributed by atoms with Crippen molar-refractivity contribution < 1.29 is 4.39 Å². The van der Waals surface area contributed by atoms with E-state index < -0.39 is 0 Å². The summed E-state index contributed by atoms with van der Waals surface area (Å²) in [7, 11) is 0. The highest BCUT2D eigenvalue weighted by Gasteiger charge is 2.07. The van der Waals surface area contributed by atoms with Crippen molar-refractivity contribution in [2.45, 2.75) is 20.3 Å². The summed E-state index contributed by atoms with van der Waals surface area (Å²) in [5.41, 5.74) is 3.30. The van der Waals surface area contributed by atoms with Gasteiger partial charge in [0.15, 0.2) is 0 Å². The minimum absolute atomic E-state index is 0.193. The lowest BCUT2D eigenvalue weighted by atomic mass is 10.0. The number of benzene rings is 1. The van der Waals surface area contributed by atoms with Gasteiger partial charge < -0.3 is 5.32 Å². The third-order valence-electron chi connectivity index (χ3n) is 2.88. The summed E-state index contributed by atoms with van der Waals surface area (Å²) in [6.45, 7) is 4.82. The number of hydrogen-bond acceptors (Lipinski definition) is 2. The first-order chi connectivity index (χ1) is 8.72. The molecule has 0 aliphatic carbocycles. The first-order valence-electron chi connectivity index (χ1n) is 6.17. The quantitative estimate of drug-likeness (QED) is 0.878. The number of nitrogens with one attached hydrogen (secondary N) is 1. The van der Waals surface area contributed by atoms with Gasteiger partial charge in [0.2, 0.25) is 0 Å². The van der Waals surface area contributed by atoms with Crippen molar-refractivity contribution in [3.05, 3.63) is 47.9 Å². The zero-order chi connectivity index (χ0) is 13.0. The molecule has 0 amide bonds. The molecule has 0 aliphatic rings. The lowest BCUT2D eigenvalue weighted by molar-refractivity contribution is 0.619. The Morgan fingerprint density at radius 1 is 1.28 bits per heavy atom. The van der Waals surface area contributed by atoms with E-state index in [-0.39, 0.29) is 5.82 Å². The van der Waals surface area contributed by atoms with Gasteiger partial charge in [0.05, 0.1) is 5.69 Å². The van der Waals surface area contributed by atoms with Crippen molar-refractivity contribution in [1.82, 2.24) is 4.98 Å².